The van der Waals surface area contributed by atoms with Crippen molar-refractivity contribution in [3.05, 3.63) is 79.7 Å². The number of hydrogen-bond donors (Lipinski definition) is 0. The molecule has 41 heavy (non-hydrogen) atoms. The maximum Gasteiger partial charge on any atom is 3.00 e. The predicted molar refractivity (Wildman–Crippen MR) is 140 cm³/mol. The first kappa shape index (κ1) is 44.2. The number of aryl methyl sites for hydroxylation is 2. The molecule has 0 saturated carbocycles. The number of hydrogen-bond acceptors (Lipinski definition) is 15. The van der Waals surface area contributed by atoms with E-state index in [1.807, 2.05) is 69.5 Å². The summed E-state index contributed by atoms with van der Waals surface area (Å²) in [5.74, 6) is 2.73. The van der Waals surface area contributed by atoms with Crippen LogP contribution in [0.4, 0.5) is 0 Å². The van der Waals surface area contributed by atoms with E-state index in [0.717, 1.165) is 21.1 Å². The average Bonchev–Trinajstić information content (AvgIpc) is 3.22. The van der Waals surface area contributed by atoms with Crippen molar-refractivity contribution in [1.29, 1.82) is 0 Å². The van der Waals surface area contributed by atoms with Gasteiger partial charge in [-0.2, -0.15) is 0 Å². The van der Waals surface area contributed by atoms with Crippen molar-refractivity contribution in [1.82, 2.24) is 29.5 Å². The minimum Gasteiger partial charge on any atom is -0.623 e. The Labute approximate surface area is 267 Å². The molecular weight excluding hydrogens is 687 g/mol. The Balaban J connectivity index is -0.000000237. The van der Waals surface area contributed by atoms with Crippen molar-refractivity contribution in [3.8, 4) is 0 Å². The van der Waals surface area contributed by atoms with Crippen molar-refractivity contribution >= 4 is 12.4 Å². The minimum absolute atomic E-state index is 0. The van der Waals surface area contributed by atoms with Crippen LogP contribution in [0.15, 0.2) is 0 Å². The summed E-state index contributed by atoms with van der Waals surface area (Å²) in [6.45, 7) is 14.8. The molecule has 0 unspecified atom stereocenters. The molecule has 0 aromatic carbocycles. The molecule has 0 aliphatic heterocycles. The van der Waals surface area contributed by atoms with E-state index in [1.165, 1.54) is 12.4 Å². The van der Waals surface area contributed by atoms with E-state index in [4.69, 9.17) is 46.0 Å². The van der Waals surface area contributed by atoms with Gasteiger partial charge in [-0.15, -0.1) is 20.4 Å². The summed E-state index contributed by atoms with van der Waals surface area (Å²) in [7, 11) is 3.66. The van der Waals surface area contributed by atoms with Gasteiger partial charge < -0.3 is 65.5 Å². The molecule has 0 fully saturated rings. The van der Waals surface area contributed by atoms with Crippen LogP contribution < -0.4 is 0 Å². The summed E-state index contributed by atoms with van der Waals surface area (Å²) in [5.41, 5.74) is -0.889. The molecule has 228 valence electrons. The largest absolute Gasteiger partial charge is 3.00 e. The van der Waals surface area contributed by atoms with Gasteiger partial charge >= 0.3 is 41.3 Å². The van der Waals surface area contributed by atoms with E-state index in [2.05, 4.69) is 20.4 Å². The van der Waals surface area contributed by atoms with Crippen LogP contribution in [0.3, 0.4) is 0 Å². The molecule has 0 amide bonds. The molecule has 2 rings (SSSR count). The molecule has 0 saturated heterocycles. The van der Waals surface area contributed by atoms with Crippen LogP contribution in [0.5, 0.6) is 0 Å². The Bertz CT molecular complexity index is 1050. The van der Waals surface area contributed by atoms with E-state index in [-0.39, 0.29) is 41.3 Å². The topological polar surface area (TPSA) is 312 Å². The second-order valence-corrected chi connectivity index (χ2v) is 9.25. The monoisotopic (exact) mass is 719 g/mol. The van der Waals surface area contributed by atoms with Crippen LogP contribution >= 0.6 is 0 Å². The van der Waals surface area contributed by atoms with Gasteiger partial charge in [-0.1, -0.05) is 0 Å². The first-order valence-corrected chi connectivity index (χ1v) is 10.6. The molecule has 0 radical (unpaired) electrons. The van der Waals surface area contributed by atoms with Crippen molar-refractivity contribution < 1.29 is 66.0 Å². The van der Waals surface area contributed by atoms with Gasteiger partial charge in [0.05, 0.1) is 15.3 Å². The van der Waals surface area contributed by atoms with Crippen molar-refractivity contribution in [2.45, 2.75) is 66.5 Å². The number of rotatable bonds is 2. The van der Waals surface area contributed by atoms with Crippen molar-refractivity contribution in [3.63, 3.8) is 0 Å². The normalized spacial score (nSPS) is 10.9. The summed E-state index contributed by atoms with van der Waals surface area (Å²) in [5, 5.41) is 82.9. The van der Waals surface area contributed by atoms with Crippen LogP contribution in [-0.4, -0.2) is 77.8 Å². The van der Waals surface area contributed by atoms with E-state index >= 15 is 0 Å². The third-order valence-corrected chi connectivity index (χ3v) is 4.04. The van der Waals surface area contributed by atoms with Gasteiger partial charge in [0.15, 0.2) is 11.1 Å². The third kappa shape index (κ3) is 23.8. The van der Waals surface area contributed by atoms with Gasteiger partial charge in [0.2, 0.25) is 24.1 Å². The van der Waals surface area contributed by atoms with Crippen LogP contribution in [0, 0.1) is 112 Å². The van der Waals surface area contributed by atoms with Crippen LogP contribution in [0.2, 0.25) is 0 Å². The molecule has 0 spiro atoms. The summed E-state index contributed by atoms with van der Waals surface area (Å²) in [6.07, 6.45) is 2.92. The van der Waals surface area contributed by atoms with Crippen LogP contribution in [0.1, 0.15) is 64.8 Å². The number of nitrogens with zero attached hydrogens (tertiary/aromatic N) is 11. The Morgan fingerprint density at radius 2 is 0.756 bits per heavy atom. The molecule has 2 aromatic rings. The zero-order valence-electron chi connectivity index (χ0n) is 24.1. The molecule has 0 N–H and O–H groups in total. The molecular formula is C18H32N11O11Pr. The number of hydroxylamine groups is 2. The predicted octanol–water partition coefficient (Wildman–Crippen LogP) is 0.985. The minimum atomic E-state index is -1.75. The molecule has 0 bridgehead atoms. The van der Waals surface area contributed by atoms with Gasteiger partial charge in [0.25, 0.3) is 0 Å². The van der Waals surface area contributed by atoms with Gasteiger partial charge in [-0.3, -0.25) is 0 Å². The van der Waals surface area contributed by atoms with Crippen molar-refractivity contribution in [2.24, 2.45) is 14.1 Å². The van der Waals surface area contributed by atoms with Gasteiger partial charge in [0.1, 0.15) is 11.6 Å². The summed E-state index contributed by atoms with van der Waals surface area (Å²) in [4.78, 5) is 24.8. The Kier molecular flexibility index (Phi) is 21.7. The average molecular weight is 719 g/mol. The summed E-state index contributed by atoms with van der Waals surface area (Å²) >= 11 is 0. The molecule has 23 heteroatoms. The first-order chi connectivity index (χ1) is 17.8. The van der Waals surface area contributed by atoms with E-state index in [1.54, 1.807) is 9.13 Å². The quantitative estimate of drug-likeness (QED) is 0.137. The fourth-order valence-electron chi connectivity index (χ4n) is 1.67. The Hall–Kier alpha value is -3.82. The molecule has 0 atom stereocenters. The van der Waals surface area contributed by atoms with Gasteiger partial charge in [-0.25, -0.2) is 9.48 Å². The van der Waals surface area contributed by atoms with E-state index in [9.17, 15) is 10.4 Å². The maximum absolute atomic E-state index is 11.6. The van der Waals surface area contributed by atoms with Crippen LogP contribution in [0.25, 0.3) is 0 Å². The molecule has 2 aromatic heterocycles. The molecule has 22 nitrogen and oxygen atoms in total. The fourth-order valence-corrected chi connectivity index (χ4v) is 1.67. The second-order valence-electron chi connectivity index (χ2n) is 9.25. The first-order valence-electron chi connectivity index (χ1n) is 10.6. The van der Waals surface area contributed by atoms with Gasteiger partial charge in [-0.05, 0) is 13.8 Å². The standard InChI is InChI=1S/2C9H16N4O.3NO3.Pr/c2*1-7-10-11-8(12(7)5)6-13(14)9(2,3)4;3*2-1(3)4;/h2*6H,1-5H3;;;;/q;;3*-1;+3/b2*13-6-;;;;. The molecule has 0 aliphatic carbocycles. The summed E-state index contributed by atoms with van der Waals surface area (Å²) < 4.78 is 5.32. The fraction of sp³-hybridized carbons (Fsp3) is 0.667. The number of aromatic nitrogens is 6. The maximum atomic E-state index is 11.6. The molecule has 2 heterocycles. The van der Waals surface area contributed by atoms with E-state index < -0.39 is 26.3 Å². The van der Waals surface area contributed by atoms with E-state index in [0.29, 0.717) is 11.6 Å². The van der Waals surface area contributed by atoms with Crippen molar-refractivity contribution in [2.75, 3.05) is 0 Å². The zero-order valence-corrected chi connectivity index (χ0v) is 27.8. The second kappa shape index (κ2) is 20.1. The van der Waals surface area contributed by atoms with Crippen LogP contribution in [-0.2, 0) is 14.1 Å². The zero-order chi connectivity index (χ0) is 32.6. The SMILES string of the molecule is Cc1nnc(/C=[N+](\[O-])C(C)(C)C)n1C.Cc1nnc(/C=[N+](\[O-])C(C)(C)C)n1C.O=[N+]([O-])[O-].O=[N+]([O-])[O-].O=[N+]([O-])[O-].[Pr+3]. The molecule has 0 aliphatic rings. The Morgan fingerprint density at radius 3 is 0.878 bits per heavy atom. The smallest absolute Gasteiger partial charge is 0.623 e. The summed E-state index contributed by atoms with van der Waals surface area (Å²) in [6, 6.07) is 0. The van der Waals surface area contributed by atoms with Gasteiger partial charge in [0, 0.05) is 55.6 Å². The third-order valence-electron chi connectivity index (χ3n) is 4.04. The Morgan fingerprint density at radius 1 is 0.561 bits per heavy atom.